The molecule has 1 aromatic carbocycles. The number of ether oxygens (including phenoxy) is 2. The maximum absolute atomic E-state index is 14.4. The van der Waals surface area contributed by atoms with Gasteiger partial charge in [0, 0.05) is 0 Å². The summed E-state index contributed by atoms with van der Waals surface area (Å²) in [6, 6.07) is 8.60. The Morgan fingerprint density at radius 3 is 1.59 bits per heavy atom. The zero-order valence-corrected chi connectivity index (χ0v) is 28.6. The van der Waals surface area contributed by atoms with Crippen LogP contribution in [-0.2, 0) is 19.1 Å². The average molecular weight is 644 g/mol. The number of alkyl halides is 2. The Kier molecular flexibility index (Phi) is 17.7. The lowest BCUT2D eigenvalue weighted by Gasteiger charge is -2.31. The van der Waals surface area contributed by atoms with Crippen molar-refractivity contribution in [3.63, 3.8) is 0 Å². The molecule has 5 nitrogen and oxygen atoms in total. The largest absolute Gasteiger partial charge is 0.460 e. The van der Waals surface area contributed by atoms with Gasteiger partial charge in [0.15, 0.2) is 12.3 Å². The van der Waals surface area contributed by atoms with Crippen LogP contribution in [0.15, 0.2) is 18.2 Å². The molecule has 0 N–H and O–H groups in total. The van der Waals surface area contributed by atoms with Crippen LogP contribution in [0.3, 0.4) is 0 Å². The Balaban J connectivity index is 1.38. The maximum atomic E-state index is 14.4. The topological polar surface area (TPSA) is 76.4 Å². The fraction of sp³-hybridized carbons (Fsp3) is 0.769. The fourth-order valence-corrected chi connectivity index (χ4v) is 7.21. The SMILES string of the molecule is CCCCCCCCC(F)C(=O)OC1CCC(c2ccc(C3CCC(OC(=O)C(F)CCCCCCCC)CC3)c(C#N)c2)CC1. The first-order valence-corrected chi connectivity index (χ1v) is 18.6. The number of rotatable bonds is 20. The second kappa shape index (κ2) is 21.4. The third kappa shape index (κ3) is 13.0. The van der Waals surface area contributed by atoms with Crippen molar-refractivity contribution in [1.29, 1.82) is 5.26 Å². The van der Waals surface area contributed by atoms with Crippen LogP contribution in [0, 0.1) is 11.3 Å². The predicted molar refractivity (Wildman–Crippen MR) is 179 cm³/mol. The minimum Gasteiger partial charge on any atom is -0.460 e. The third-order valence-electron chi connectivity index (χ3n) is 10.2. The number of esters is 2. The van der Waals surface area contributed by atoms with Gasteiger partial charge in [-0.25, -0.2) is 18.4 Å². The Morgan fingerprint density at radius 1 is 0.696 bits per heavy atom. The van der Waals surface area contributed by atoms with Crippen molar-refractivity contribution < 1.29 is 27.8 Å². The van der Waals surface area contributed by atoms with Gasteiger partial charge in [0.25, 0.3) is 0 Å². The van der Waals surface area contributed by atoms with E-state index in [4.69, 9.17) is 9.47 Å². The summed E-state index contributed by atoms with van der Waals surface area (Å²) in [5, 5.41) is 9.99. The van der Waals surface area contributed by atoms with Crippen LogP contribution in [0.5, 0.6) is 0 Å². The molecular formula is C39H59F2NO4. The summed E-state index contributed by atoms with van der Waals surface area (Å²) >= 11 is 0. The molecule has 7 heteroatoms. The lowest BCUT2D eigenvalue weighted by Crippen LogP contribution is -2.29. The van der Waals surface area contributed by atoms with Crippen LogP contribution in [0.25, 0.3) is 0 Å². The first-order chi connectivity index (χ1) is 22.4. The highest BCUT2D eigenvalue weighted by Gasteiger charge is 2.31. The van der Waals surface area contributed by atoms with Crippen molar-refractivity contribution in [1.82, 2.24) is 0 Å². The molecule has 0 aliphatic heterocycles. The number of hydrogen-bond acceptors (Lipinski definition) is 5. The molecule has 2 unspecified atom stereocenters. The van der Waals surface area contributed by atoms with E-state index in [9.17, 15) is 23.6 Å². The summed E-state index contributed by atoms with van der Waals surface area (Å²) in [7, 11) is 0. The second-order valence-corrected chi connectivity index (χ2v) is 13.8. The normalized spacial score (nSPS) is 22.8. The minimum absolute atomic E-state index is 0.211. The molecule has 258 valence electrons. The monoisotopic (exact) mass is 643 g/mol. The number of nitrogens with zero attached hydrogens (tertiary/aromatic N) is 1. The van der Waals surface area contributed by atoms with Gasteiger partial charge in [-0.05, 0) is 106 Å². The lowest BCUT2D eigenvalue weighted by molar-refractivity contribution is -0.157. The van der Waals surface area contributed by atoms with Crippen LogP contribution in [0.1, 0.15) is 184 Å². The molecule has 46 heavy (non-hydrogen) atoms. The van der Waals surface area contributed by atoms with E-state index in [1.54, 1.807) is 0 Å². The highest BCUT2D eigenvalue weighted by molar-refractivity contribution is 5.75. The van der Waals surface area contributed by atoms with Crippen molar-refractivity contribution in [2.75, 3.05) is 0 Å². The minimum atomic E-state index is -1.54. The van der Waals surface area contributed by atoms with Crippen LogP contribution in [0.2, 0.25) is 0 Å². The average Bonchev–Trinajstić information content (AvgIpc) is 3.08. The summed E-state index contributed by atoms with van der Waals surface area (Å²) in [5.74, 6) is -0.944. The zero-order valence-electron chi connectivity index (χ0n) is 28.6. The fourth-order valence-electron chi connectivity index (χ4n) is 7.21. The van der Waals surface area contributed by atoms with Crippen molar-refractivity contribution in [3.05, 3.63) is 34.9 Å². The maximum Gasteiger partial charge on any atom is 0.340 e. The second-order valence-electron chi connectivity index (χ2n) is 13.8. The Hall–Kier alpha value is -2.49. The van der Waals surface area contributed by atoms with Crippen molar-refractivity contribution in [2.45, 2.75) is 191 Å². The molecule has 2 atom stereocenters. The molecule has 0 aromatic heterocycles. The van der Waals surface area contributed by atoms with Gasteiger partial charge in [-0.1, -0.05) is 90.2 Å². The number of hydrogen-bond donors (Lipinski definition) is 0. The molecular weight excluding hydrogens is 584 g/mol. The quantitative estimate of drug-likeness (QED) is 0.104. The molecule has 0 heterocycles. The number of nitriles is 1. The number of halogens is 2. The van der Waals surface area contributed by atoms with Crippen LogP contribution in [-0.4, -0.2) is 36.5 Å². The molecule has 0 saturated heterocycles. The molecule has 0 spiro atoms. The first kappa shape index (κ1) is 38.0. The van der Waals surface area contributed by atoms with Gasteiger partial charge in [0.1, 0.15) is 12.2 Å². The van der Waals surface area contributed by atoms with Crippen molar-refractivity contribution in [3.8, 4) is 6.07 Å². The molecule has 2 aliphatic rings. The van der Waals surface area contributed by atoms with Crippen molar-refractivity contribution in [2.24, 2.45) is 0 Å². The summed E-state index contributed by atoms with van der Waals surface area (Å²) < 4.78 is 39.9. The van der Waals surface area contributed by atoms with Gasteiger partial charge >= 0.3 is 11.9 Å². The molecule has 1 aromatic rings. The molecule has 2 aliphatic carbocycles. The van der Waals surface area contributed by atoms with Crippen LogP contribution >= 0.6 is 0 Å². The number of benzene rings is 1. The molecule has 2 fully saturated rings. The molecule has 2 saturated carbocycles. The Morgan fingerprint density at radius 2 is 1.13 bits per heavy atom. The molecule has 3 rings (SSSR count). The van der Waals surface area contributed by atoms with Crippen LogP contribution < -0.4 is 0 Å². The van der Waals surface area contributed by atoms with E-state index >= 15 is 0 Å². The zero-order chi connectivity index (χ0) is 33.1. The Bertz CT molecular complexity index is 1070. The predicted octanol–water partition coefficient (Wildman–Crippen LogP) is 10.9. The third-order valence-corrected chi connectivity index (χ3v) is 10.2. The molecule has 0 amide bonds. The van der Waals surface area contributed by atoms with Gasteiger partial charge in [-0.3, -0.25) is 0 Å². The van der Waals surface area contributed by atoms with E-state index in [-0.39, 0.29) is 36.9 Å². The lowest BCUT2D eigenvalue weighted by atomic mass is 9.78. The first-order valence-electron chi connectivity index (χ1n) is 18.6. The Labute approximate surface area is 277 Å². The summed E-state index contributed by atoms with van der Waals surface area (Å²) in [4.78, 5) is 24.6. The standard InChI is InChI=1S/C39H59F2NO4/c1-3-5-7-9-11-13-15-36(40)38(43)45-33-22-17-29(18-23-33)31-21-26-35(32(27-31)28-42)30-19-24-34(25-20-30)46-39(44)37(41)16-14-12-10-8-6-4-2/h21,26-27,29-30,33-34,36-37H,3-20,22-25H2,1-2H3. The van der Waals surface area contributed by atoms with Crippen LogP contribution in [0.4, 0.5) is 8.78 Å². The van der Waals surface area contributed by atoms with E-state index in [2.05, 4.69) is 32.0 Å². The molecule has 0 radical (unpaired) electrons. The van der Waals surface area contributed by atoms with Gasteiger partial charge in [-0.15, -0.1) is 0 Å². The van der Waals surface area contributed by atoms with Crippen molar-refractivity contribution >= 4 is 11.9 Å². The van der Waals surface area contributed by atoms with E-state index < -0.39 is 24.3 Å². The summed E-state index contributed by atoms with van der Waals surface area (Å²) in [6.07, 6.45) is 15.5. The number of carbonyl (C=O) groups excluding carboxylic acids is 2. The van der Waals surface area contributed by atoms with E-state index in [0.29, 0.717) is 37.7 Å². The van der Waals surface area contributed by atoms with E-state index in [1.807, 2.05) is 6.07 Å². The number of carbonyl (C=O) groups is 2. The van der Waals surface area contributed by atoms with E-state index in [1.165, 1.54) is 38.5 Å². The van der Waals surface area contributed by atoms with Gasteiger partial charge < -0.3 is 9.47 Å². The van der Waals surface area contributed by atoms with Gasteiger partial charge in [-0.2, -0.15) is 5.26 Å². The summed E-state index contributed by atoms with van der Waals surface area (Å²) in [5.41, 5.74) is 2.84. The molecule has 0 bridgehead atoms. The van der Waals surface area contributed by atoms with Gasteiger partial charge in [0.05, 0.1) is 11.6 Å². The number of unbranched alkanes of at least 4 members (excludes halogenated alkanes) is 10. The van der Waals surface area contributed by atoms with Gasteiger partial charge in [0.2, 0.25) is 0 Å². The van der Waals surface area contributed by atoms with E-state index in [0.717, 1.165) is 68.9 Å². The highest BCUT2D eigenvalue weighted by atomic mass is 19.1. The summed E-state index contributed by atoms with van der Waals surface area (Å²) in [6.45, 7) is 4.33. The smallest absolute Gasteiger partial charge is 0.340 e. The highest BCUT2D eigenvalue weighted by Crippen LogP contribution is 2.39.